The zero-order valence-electron chi connectivity index (χ0n) is 14.5. The van der Waals surface area contributed by atoms with E-state index in [0.29, 0.717) is 18.8 Å². The van der Waals surface area contributed by atoms with E-state index in [1.165, 1.54) is 11.8 Å². The fourth-order valence-corrected chi connectivity index (χ4v) is 5.23. The maximum Gasteiger partial charge on any atom is 0.237 e. The van der Waals surface area contributed by atoms with E-state index in [0.717, 1.165) is 38.8 Å². The first-order chi connectivity index (χ1) is 12.6. The molecule has 0 bridgehead atoms. The molecule has 1 aliphatic carbocycles. The number of aromatic nitrogens is 1. The average Bonchev–Trinajstić information content (AvgIpc) is 3.08. The lowest BCUT2D eigenvalue weighted by atomic mass is 10.0. The van der Waals surface area contributed by atoms with Crippen molar-refractivity contribution < 1.29 is 9.59 Å². The van der Waals surface area contributed by atoms with Gasteiger partial charge in [-0.25, -0.2) is 4.98 Å². The molecule has 0 N–H and O–H groups in total. The highest BCUT2D eigenvalue weighted by molar-refractivity contribution is 8.01. The Hall–Kier alpha value is -2.12. The molecule has 1 fully saturated rings. The van der Waals surface area contributed by atoms with Gasteiger partial charge in [0.15, 0.2) is 4.34 Å². The summed E-state index contributed by atoms with van der Waals surface area (Å²) in [4.78, 5) is 32.9. The molecule has 0 atom stereocenters. The quantitative estimate of drug-likeness (QED) is 0.757. The summed E-state index contributed by atoms with van der Waals surface area (Å²) < 4.78 is 2.05. The molecule has 2 aromatic rings. The molecule has 0 saturated carbocycles. The van der Waals surface area contributed by atoms with Crippen LogP contribution in [0, 0.1) is 0 Å². The van der Waals surface area contributed by atoms with Gasteiger partial charge in [-0.1, -0.05) is 36.0 Å². The lowest BCUT2D eigenvalue weighted by Gasteiger charge is -2.39. The van der Waals surface area contributed by atoms with Crippen LogP contribution in [-0.4, -0.2) is 45.4 Å². The van der Waals surface area contributed by atoms with Crippen LogP contribution in [0.2, 0.25) is 0 Å². The molecule has 0 radical (unpaired) electrons. The van der Waals surface area contributed by atoms with E-state index in [1.807, 2.05) is 29.2 Å². The standard InChI is InChI=1S/C19H19N3O2S2/c1-13(23)21-10-11-22(16-8-4-3-7-15(16)21)18(24)12-25-19-20-14-6-2-5-9-17(14)26-19/h2,5-9H,3-4,10-12H2,1H3. The molecule has 26 heavy (non-hydrogen) atoms. The average molecular weight is 386 g/mol. The number of rotatable bonds is 3. The number of fused-ring (bicyclic) bond motifs is 2. The molecular formula is C19H19N3O2S2. The van der Waals surface area contributed by atoms with Crippen LogP contribution in [0.1, 0.15) is 19.8 Å². The number of allylic oxidation sites excluding steroid dienone is 2. The second kappa shape index (κ2) is 7.25. The molecule has 0 spiro atoms. The minimum atomic E-state index is 0.0278. The lowest BCUT2D eigenvalue weighted by molar-refractivity contribution is -0.132. The molecule has 7 heteroatoms. The summed E-state index contributed by atoms with van der Waals surface area (Å²) in [5.41, 5.74) is 2.74. The van der Waals surface area contributed by atoms with Crippen LogP contribution >= 0.6 is 23.1 Å². The van der Waals surface area contributed by atoms with Gasteiger partial charge in [0.05, 0.1) is 27.4 Å². The number of hydrogen-bond donors (Lipinski definition) is 0. The van der Waals surface area contributed by atoms with Gasteiger partial charge in [0.2, 0.25) is 11.8 Å². The summed E-state index contributed by atoms with van der Waals surface area (Å²) in [6.45, 7) is 2.67. The highest BCUT2D eigenvalue weighted by Crippen LogP contribution is 2.32. The van der Waals surface area contributed by atoms with Gasteiger partial charge in [-0.3, -0.25) is 9.59 Å². The molecule has 4 rings (SSSR count). The molecule has 134 valence electrons. The van der Waals surface area contributed by atoms with Gasteiger partial charge < -0.3 is 9.80 Å². The lowest BCUT2D eigenvalue weighted by Crippen LogP contribution is -2.48. The number of hydrogen-bond acceptors (Lipinski definition) is 5. The Balaban J connectivity index is 1.47. The topological polar surface area (TPSA) is 53.5 Å². The van der Waals surface area contributed by atoms with Crippen molar-refractivity contribution in [3.05, 3.63) is 47.8 Å². The number of para-hydroxylation sites is 1. The Morgan fingerprint density at radius 1 is 1.12 bits per heavy atom. The number of amides is 2. The van der Waals surface area contributed by atoms with Crippen molar-refractivity contribution in [1.29, 1.82) is 0 Å². The van der Waals surface area contributed by atoms with Gasteiger partial charge in [-0.15, -0.1) is 11.3 Å². The number of benzene rings is 1. The first-order valence-corrected chi connectivity index (χ1v) is 10.4. The maximum atomic E-state index is 12.8. The second-order valence-electron chi connectivity index (χ2n) is 6.21. The molecule has 0 unspecified atom stereocenters. The molecule has 1 aromatic heterocycles. The Morgan fingerprint density at radius 3 is 2.54 bits per heavy atom. The Morgan fingerprint density at radius 2 is 1.81 bits per heavy atom. The fraction of sp³-hybridized carbons (Fsp3) is 0.316. The molecule has 5 nitrogen and oxygen atoms in total. The fourth-order valence-electron chi connectivity index (χ4n) is 3.29. The van der Waals surface area contributed by atoms with Gasteiger partial charge in [-0.2, -0.15) is 0 Å². The molecule has 1 aromatic carbocycles. The molecule has 1 aliphatic heterocycles. The third-order valence-corrected chi connectivity index (χ3v) is 6.67. The van der Waals surface area contributed by atoms with Crippen molar-refractivity contribution in [3.8, 4) is 0 Å². The number of carbonyl (C=O) groups is 2. The summed E-state index contributed by atoms with van der Waals surface area (Å²) in [6, 6.07) is 8.00. The maximum absolute atomic E-state index is 12.8. The third-order valence-electron chi connectivity index (χ3n) is 4.51. The predicted octanol–water partition coefficient (Wildman–Crippen LogP) is 3.64. The largest absolute Gasteiger partial charge is 0.309 e. The zero-order chi connectivity index (χ0) is 18.1. The van der Waals surface area contributed by atoms with Gasteiger partial charge in [0.1, 0.15) is 0 Å². The van der Waals surface area contributed by atoms with Crippen molar-refractivity contribution in [3.63, 3.8) is 0 Å². The highest BCUT2D eigenvalue weighted by Gasteiger charge is 2.32. The first-order valence-electron chi connectivity index (χ1n) is 8.61. The van der Waals surface area contributed by atoms with Gasteiger partial charge >= 0.3 is 0 Å². The smallest absolute Gasteiger partial charge is 0.237 e. The summed E-state index contributed by atoms with van der Waals surface area (Å²) in [5, 5.41) is 0. The second-order valence-corrected chi connectivity index (χ2v) is 8.46. The van der Waals surface area contributed by atoms with E-state index in [9.17, 15) is 9.59 Å². The van der Waals surface area contributed by atoms with Gasteiger partial charge in [0.25, 0.3) is 0 Å². The summed E-state index contributed by atoms with van der Waals surface area (Å²) in [6.07, 6.45) is 5.95. The molecule has 2 amide bonds. The summed E-state index contributed by atoms with van der Waals surface area (Å²) in [5.74, 6) is 0.446. The van der Waals surface area contributed by atoms with E-state index >= 15 is 0 Å². The van der Waals surface area contributed by atoms with Gasteiger partial charge in [0, 0.05) is 20.0 Å². The van der Waals surface area contributed by atoms with E-state index < -0.39 is 0 Å². The number of thioether (sulfide) groups is 1. The molecule has 1 saturated heterocycles. The van der Waals surface area contributed by atoms with Crippen LogP contribution < -0.4 is 0 Å². The number of carbonyl (C=O) groups excluding carboxylic acids is 2. The molecular weight excluding hydrogens is 366 g/mol. The van der Waals surface area contributed by atoms with Crippen molar-refractivity contribution in [1.82, 2.24) is 14.8 Å². The Labute approximate surface area is 160 Å². The monoisotopic (exact) mass is 385 g/mol. The highest BCUT2D eigenvalue weighted by atomic mass is 32.2. The Kier molecular flexibility index (Phi) is 4.82. The normalized spacial score (nSPS) is 17.0. The van der Waals surface area contributed by atoms with Crippen LogP contribution in [0.5, 0.6) is 0 Å². The van der Waals surface area contributed by atoms with Crippen molar-refractivity contribution >= 4 is 45.1 Å². The van der Waals surface area contributed by atoms with Crippen LogP contribution in [0.25, 0.3) is 10.2 Å². The van der Waals surface area contributed by atoms with Crippen molar-refractivity contribution in [2.75, 3.05) is 18.8 Å². The van der Waals surface area contributed by atoms with Gasteiger partial charge in [-0.05, 0) is 25.0 Å². The zero-order valence-corrected chi connectivity index (χ0v) is 16.1. The third kappa shape index (κ3) is 3.29. The number of piperazine rings is 1. The van der Waals surface area contributed by atoms with Crippen LogP contribution in [0.15, 0.2) is 52.2 Å². The minimum Gasteiger partial charge on any atom is -0.309 e. The van der Waals surface area contributed by atoms with E-state index in [4.69, 9.17) is 0 Å². The molecule has 2 heterocycles. The molecule has 2 aliphatic rings. The van der Waals surface area contributed by atoms with E-state index in [1.54, 1.807) is 23.2 Å². The van der Waals surface area contributed by atoms with Crippen LogP contribution in [-0.2, 0) is 9.59 Å². The number of thiazole rings is 1. The van der Waals surface area contributed by atoms with Crippen molar-refractivity contribution in [2.24, 2.45) is 0 Å². The van der Waals surface area contributed by atoms with E-state index in [2.05, 4.69) is 17.1 Å². The van der Waals surface area contributed by atoms with E-state index in [-0.39, 0.29) is 11.8 Å². The number of nitrogens with zero attached hydrogens (tertiary/aromatic N) is 3. The Bertz CT molecular complexity index is 899. The van der Waals surface area contributed by atoms with Crippen LogP contribution in [0.3, 0.4) is 0 Å². The van der Waals surface area contributed by atoms with Crippen LogP contribution in [0.4, 0.5) is 0 Å². The minimum absolute atomic E-state index is 0.0278. The summed E-state index contributed by atoms with van der Waals surface area (Å²) in [7, 11) is 0. The SMILES string of the molecule is CC(=O)N1CCN(C(=O)CSc2nc3ccccc3s2)C2=CCCC=C21. The summed E-state index contributed by atoms with van der Waals surface area (Å²) >= 11 is 3.10. The van der Waals surface area contributed by atoms with Crippen molar-refractivity contribution in [2.45, 2.75) is 24.1 Å². The predicted molar refractivity (Wildman–Crippen MR) is 105 cm³/mol. The first kappa shape index (κ1) is 17.3.